The van der Waals surface area contributed by atoms with Crippen LogP contribution in [0, 0.1) is 11.7 Å². The van der Waals surface area contributed by atoms with E-state index < -0.39 is 23.5 Å². The Bertz CT molecular complexity index is 1070. The summed E-state index contributed by atoms with van der Waals surface area (Å²) in [5.41, 5.74) is -0.602. The number of alkyl halides is 3. The van der Waals surface area contributed by atoms with Crippen LogP contribution in [0.15, 0.2) is 36.4 Å². The minimum Gasteiger partial charge on any atom is -0.493 e. The van der Waals surface area contributed by atoms with Gasteiger partial charge >= 0.3 is 6.18 Å². The number of nitrogens with zero attached hydrogens (tertiary/aromatic N) is 1. The fourth-order valence-corrected chi connectivity index (χ4v) is 5.60. The number of benzene rings is 2. The van der Waals surface area contributed by atoms with E-state index in [2.05, 4.69) is 23.3 Å². The highest BCUT2D eigenvalue weighted by molar-refractivity contribution is 5.94. The van der Waals surface area contributed by atoms with Crippen molar-refractivity contribution in [3.8, 4) is 11.5 Å². The molecule has 2 fully saturated rings. The van der Waals surface area contributed by atoms with E-state index in [1.165, 1.54) is 0 Å². The third kappa shape index (κ3) is 4.45. The third-order valence-electron chi connectivity index (χ3n) is 7.20. The van der Waals surface area contributed by atoms with Gasteiger partial charge in [0.15, 0.2) is 11.5 Å². The molecule has 3 atom stereocenters. The van der Waals surface area contributed by atoms with Gasteiger partial charge in [-0.15, -0.1) is 0 Å². The van der Waals surface area contributed by atoms with E-state index in [0.717, 1.165) is 31.1 Å². The molecule has 1 saturated heterocycles. The third-order valence-corrected chi connectivity index (χ3v) is 7.20. The van der Waals surface area contributed by atoms with Gasteiger partial charge in [0, 0.05) is 30.1 Å². The smallest absolute Gasteiger partial charge is 0.419 e. The summed E-state index contributed by atoms with van der Waals surface area (Å²) in [5, 5.41) is 2.88. The fourth-order valence-electron chi connectivity index (χ4n) is 5.60. The number of hydrogen-bond acceptors (Lipinski definition) is 4. The number of carbonyl (C=O) groups is 1. The lowest BCUT2D eigenvalue weighted by Crippen LogP contribution is -2.47. The van der Waals surface area contributed by atoms with Crippen LogP contribution < -0.4 is 14.8 Å². The number of carbonyl (C=O) groups excluding carboxylic acids is 1. The highest BCUT2D eigenvalue weighted by atomic mass is 19.4. The molecule has 2 aliphatic rings. The lowest BCUT2D eigenvalue weighted by Gasteiger charge is -2.43. The van der Waals surface area contributed by atoms with Gasteiger partial charge in [0.05, 0.1) is 19.8 Å². The van der Waals surface area contributed by atoms with E-state index in [9.17, 15) is 22.4 Å². The Balaban J connectivity index is 1.53. The Morgan fingerprint density at radius 3 is 2.53 bits per heavy atom. The quantitative estimate of drug-likeness (QED) is 0.634. The molecule has 5 nitrogen and oxygen atoms in total. The second-order valence-electron chi connectivity index (χ2n) is 9.26. The van der Waals surface area contributed by atoms with Gasteiger partial charge in [-0.2, -0.15) is 13.2 Å². The van der Waals surface area contributed by atoms with Crippen molar-refractivity contribution in [1.29, 1.82) is 0 Å². The average Bonchev–Trinajstić information content (AvgIpc) is 3.14. The van der Waals surface area contributed by atoms with Crippen LogP contribution in [0.3, 0.4) is 0 Å². The molecule has 0 aromatic heterocycles. The van der Waals surface area contributed by atoms with Crippen molar-refractivity contribution in [1.82, 2.24) is 10.2 Å². The molecular weight excluding hydrogens is 452 g/mol. The van der Waals surface area contributed by atoms with Crippen molar-refractivity contribution in [3.63, 3.8) is 0 Å². The number of likely N-dealkylation sites (N-methyl/N-ethyl adjacent to an activating group) is 1. The number of halogens is 4. The molecule has 1 N–H and O–H groups in total. The van der Waals surface area contributed by atoms with Gasteiger partial charge in [-0.3, -0.25) is 4.79 Å². The number of amides is 1. The first-order valence-corrected chi connectivity index (χ1v) is 11.2. The SMILES string of the molecule is COc1ccc([C@]23CC[C@H](NC(=O)c4ccc(F)c(C(F)(F)F)c4)C[C@@H]2CN(C)C3)cc1OC. The zero-order valence-electron chi connectivity index (χ0n) is 19.3. The average molecular weight is 481 g/mol. The molecule has 1 heterocycles. The molecule has 184 valence electrons. The molecule has 1 amide bonds. The molecule has 0 bridgehead atoms. The highest BCUT2D eigenvalue weighted by Crippen LogP contribution is 2.49. The molecule has 1 aliphatic heterocycles. The number of nitrogens with one attached hydrogen (secondary N) is 1. The maximum absolute atomic E-state index is 13.6. The summed E-state index contributed by atoms with van der Waals surface area (Å²) < 4.78 is 63.6. The molecule has 0 spiro atoms. The summed E-state index contributed by atoms with van der Waals surface area (Å²) in [7, 11) is 5.25. The molecule has 0 radical (unpaired) electrons. The van der Waals surface area contributed by atoms with Crippen molar-refractivity contribution in [2.45, 2.75) is 36.9 Å². The molecule has 1 saturated carbocycles. The Kier molecular flexibility index (Phi) is 6.50. The van der Waals surface area contributed by atoms with Crippen molar-refractivity contribution < 1.29 is 31.8 Å². The summed E-state index contributed by atoms with van der Waals surface area (Å²) in [6.45, 7) is 1.70. The van der Waals surface area contributed by atoms with Crippen LogP contribution >= 0.6 is 0 Å². The zero-order chi connectivity index (χ0) is 24.7. The Hall–Kier alpha value is -2.81. The summed E-state index contributed by atoms with van der Waals surface area (Å²) in [4.78, 5) is 15.0. The molecule has 2 aromatic carbocycles. The largest absolute Gasteiger partial charge is 0.493 e. The first-order chi connectivity index (χ1) is 16.1. The first kappa shape index (κ1) is 24.3. The van der Waals surface area contributed by atoms with Crippen LogP contribution in [-0.4, -0.2) is 51.2 Å². The number of fused-ring (bicyclic) bond motifs is 1. The Morgan fingerprint density at radius 1 is 1.12 bits per heavy atom. The summed E-state index contributed by atoms with van der Waals surface area (Å²) >= 11 is 0. The molecule has 34 heavy (non-hydrogen) atoms. The van der Waals surface area contributed by atoms with E-state index in [0.29, 0.717) is 36.5 Å². The van der Waals surface area contributed by atoms with Crippen LogP contribution in [0.25, 0.3) is 0 Å². The summed E-state index contributed by atoms with van der Waals surface area (Å²) in [6.07, 6.45) is -2.69. The van der Waals surface area contributed by atoms with Gasteiger partial charge in [0.2, 0.25) is 0 Å². The molecular formula is C25H28F4N2O3. The minimum atomic E-state index is -4.86. The van der Waals surface area contributed by atoms with E-state index in [1.54, 1.807) is 14.2 Å². The number of rotatable bonds is 5. The minimum absolute atomic E-state index is 0.116. The zero-order valence-corrected chi connectivity index (χ0v) is 19.3. The van der Waals surface area contributed by atoms with Gasteiger partial charge in [0.1, 0.15) is 5.82 Å². The van der Waals surface area contributed by atoms with Gasteiger partial charge in [-0.1, -0.05) is 6.07 Å². The number of methoxy groups -OCH3 is 2. The van der Waals surface area contributed by atoms with E-state index >= 15 is 0 Å². The van der Waals surface area contributed by atoms with Gasteiger partial charge in [-0.25, -0.2) is 4.39 Å². The number of ether oxygens (including phenoxy) is 2. The second kappa shape index (κ2) is 9.09. The summed E-state index contributed by atoms with van der Waals surface area (Å²) in [5.74, 6) is -0.455. The molecule has 0 unspecified atom stereocenters. The standard InChI is InChI=1S/C25H28F4N2O3/c1-31-13-17-11-18(30-23(32)15-4-6-20(26)19(10-15)25(27,28)29)8-9-24(17,14-31)16-5-7-21(33-2)22(12-16)34-3/h4-7,10,12,17-18H,8-9,11,13-14H2,1-3H3,(H,30,32)/t17-,18+,24-/m1/s1. The van der Waals surface area contributed by atoms with E-state index in [-0.39, 0.29) is 22.9 Å². The lowest BCUT2D eigenvalue weighted by molar-refractivity contribution is -0.140. The van der Waals surface area contributed by atoms with Crippen molar-refractivity contribution >= 4 is 5.91 Å². The van der Waals surface area contributed by atoms with Crippen LogP contribution in [0.1, 0.15) is 40.7 Å². The molecule has 1 aliphatic carbocycles. The normalized spacial score (nSPS) is 25.0. The lowest BCUT2D eigenvalue weighted by atomic mass is 9.63. The van der Waals surface area contributed by atoms with Gasteiger partial charge in [-0.05, 0) is 68.1 Å². The highest BCUT2D eigenvalue weighted by Gasteiger charge is 2.50. The van der Waals surface area contributed by atoms with Crippen LogP contribution in [-0.2, 0) is 11.6 Å². The van der Waals surface area contributed by atoms with Crippen LogP contribution in [0.5, 0.6) is 11.5 Å². The first-order valence-electron chi connectivity index (χ1n) is 11.2. The van der Waals surface area contributed by atoms with Crippen molar-refractivity contribution in [3.05, 3.63) is 58.9 Å². The molecule has 9 heteroatoms. The Labute approximate surface area is 196 Å². The van der Waals surface area contributed by atoms with Crippen LogP contribution in [0.4, 0.5) is 17.6 Å². The number of likely N-dealkylation sites (tertiary alicyclic amines) is 1. The van der Waals surface area contributed by atoms with Crippen LogP contribution in [0.2, 0.25) is 0 Å². The molecule has 4 rings (SSSR count). The second-order valence-corrected chi connectivity index (χ2v) is 9.26. The monoisotopic (exact) mass is 480 g/mol. The maximum atomic E-state index is 13.6. The van der Waals surface area contributed by atoms with Crippen molar-refractivity contribution in [2.24, 2.45) is 5.92 Å². The predicted octanol–water partition coefficient (Wildman–Crippen LogP) is 4.64. The maximum Gasteiger partial charge on any atom is 0.419 e. The topological polar surface area (TPSA) is 50.8 Å². The molecule has 2 aromatic rings. The number of hydrogen-bond donors (Lipinski definition) is 1. The van der Waals surface area contributed by atoms with E-state index in [1.807, 2.05) is 12.1 Å². The summed E-state index contributed by atoms with van der Waals surface area (Å²) in [6, 6.07) is 8.14. The van der Waals surface area contributed by atoms with E-state index in [4.69, 9.17) is 9.47 Å². The van der Waals surface area contributed by atoms with Gasteiger partial charge in [0.25, 0.3) is 5.91 Å². The van der Waals surface area contributed by atoms with Gasteiger partial charge < -0.3 is 19.7 Å². The Morgan fingerprint density at radius 2 is 1.85 bits per heavy atom. The predicted molar refractivity (Wildman–Crippen MR) is 119 cm³/mol. The fraction of sp³-hybridized carbons (Fsp3) is 0.480. The van der Waals surface area contributed by atoms with Crippen molar-refractivity contribution in [2.75, 3.05) is 34.4 Å².